The van der Waals surface area contributed by atoms with Crippen molar-refractivity contribution in [3.63, 3.8) is 0 Å². The number of nitrogens with one attached hydrogen (secondary N) is 1. The third kappa shape index (κ3) is 1.44. The van der Waals surface area contributed by atoms with Crippen molar-refractivity contribution in [1.82, 2.24) is 5.32 Å². The SMILES string of the molecule is COC(=O)NC1N=Nc2ccccc21. The highest BCUT2D eigenvalue weighted by atomic mass is 16.5. The van der Waals surface area contributed by atoms with Crippen LogP contribution < -0.4 is 5.32 Å². The molecule has 14 heavy (non-hydrogen) atoms. The third-order valence-electron chi connectivity index (χ3n) is 1.95. The van der Waals surface area contributed by atoms with Crippen molar-refractivity contribution in [3.8, 4) is 0 Å². The van der Waals surface area contributed by atoms with Gasteiger partial charge in [-0.2, -0.15) is 10.2 Å². The summed E-state index contributed by atoms with van der Waals surface area (Å²) < 4.78 is 4.48. The first-order valence-electron chi connectivity index (χ1n) is 4.15. The first kappa shape index (κ1) is 8.68. The predicted molar refractivity (Wildman–Crippen MR) is 49.2 cm³/mol. The van der Waals surface area contributed by atoms with Crippen LogP contribution in [0.2, 0.25) is 0 Å². The zero-order valence-corrected chi connectivity index (χ0v) is 7.60. The van der Waals surface area contributed by atoms with Gasteiger partial charge in [0.15, 0.2) is 6.17 Å². The lowest BCUT2D eigenvalue weighted by atomic mass is 10.1. The van der Waals surface area contributed by atoms with Gasteiger partial charge in [0.2, 0.25) is 0 Å². The second-order valence-electron chi connectivity index (χ2n) is 2.81. The molecule has 1 amide bonds. The Morgan fingerprint density at radius 1 is 1.50 bits per heavy atom. The fourth-order valence-corrected chi connectivity index (χ4v) is 1.27. The molecule has 0 fully saturated rings. The number of hydrogen-bond acceptors (Lipinski definition) is 4. The van der Waals surface area contributed by atoms with E-state index in [-0.39, 0.29) is 0 Å². The minimum Gasteiger partial charge on any atom is -0.453 e. The van der Waals surface area contributed by atoms with Gasteiger partial charge in [-0.1, -0.05) is 18.2 Å². The van der Waals surface area contributed by atoms with Crippen LogP contribution in [0.3, 0.4) is 0 Å². The molecule has 5 heteroatoms. The Hall–Kier alpha value is -1.91. The first-order valence-corrected chi connectivity index (χ1v) is 4.15. The molecule has 0 saturated heterocycles. The van der Waals surface area contributed by atoms with Crippen LogP contribution in [-0.2, 0) is 4.74 Å². The standard InChI is InChI=1S/C9H9N3O2/c1-14-9(13)10-8-6-4-2-3-5-7(6)11-12-8/h2-5,8H,1H3,(H,10,13). The molecule has 1 atom stereocenters. The lowest BCUT2D eigenvalue weighted by Crippen LogP contribution is -2.25. The molecule has 0 aromatic heterocycles. The maximum Gasteiger partial charge on any atom is 0.408 e. The molecule has 1 N–H and O–H groups in total. The van der Waals surface area contributed by atoms with E-state index in [0.717, 1.165) is 11.3 Å². The van der Waals surface area contributed by atoms with Crippen LogP contribution in [0, 0.1) is 0 Å². The molecule has 0 aliphatic carbocycles. The maximum atomic E-state index is 10.9. The number of carbonyl (C=O) groups is 1. The highest BCUT2D eigenvalue weighted by Gasteiger charge is 2.21. The summed E-state index contributed by atoms with van der Waals surface area (Å²) in [4.78, 5) is 10.9. The minimum atomic E-state index is -0.509. The van der Waals surface area contributed by atoms with E-state index in [9.17, 15) is 4.79 Å². The van der Waals surface area contributed by atoms with Crippen LogP contribution in [0.4, 0.5) is 10.5 Å². The number of azo groups is 1. The summed E-state index contributed by atoms with van der Waals surface area (Å²) in [5, 5.41) is 10.4. The van der Waals surface area contributed by atoms with E-state index in [0.29, 0.717) is 0 Å². The Kier molecular flexibility index (Phi) is 2.14. The van der Waals surface area contributed by atoms with Gasteiger partial charge in [0, 0.05) is 5.56 Å². The zero-order chi connectivity index (χ0) is 9.97. The van der Waals surface area contributed by atoms with E-state index in [1.807, 2.05) is 24.3 Å². The number of amides is 1. The zero-order valence-electron chi connectivity index (χ0n) is 7.60. The first-order chi connectivity index (χ1) is 6.81. The smallest absolute Gasteiger partial charge is 0.408 e. The Morgan fingerprint density at radius 3 is 3.07 bits per heavy atom. The number of ether oxygens (including phenoxy) is 1. The van der Waals surface area contributed by atoms with Crippen molar-refractivity contribution in [2.45, 2.75) is 6.17 Å². The van der Waals surface area contributed by atoms with Crippen LogP contribution in [-0.4, -0.2) is 13.2 Å². The summed E-state index contributed by atoms with van der Waals surface area (Å²) in [5.41, 5.74) is 1.67. The second-order valence-corrected chi connectivity index (χ2v) is 2.81. The van der Waals surface area contributed by atoms with Gasteiger partial charge in [-0.05, 0) is 6.07 Å². The molecule has 0 radical (unpaired) electrons. The Labute approximate surface area is 80.8 Å². The van der Waals surface area contributed by atoms with Crippen molar-refractivity contribution in [2.75, 3.05) is 7.11 Å². The van der Waals surface area contributed by atoms with E-state index >= 15 is 0 Å². The molecule has 1 aromatic rings. The van der Waals surface area contributed by atoms with Crippen LogP contribution in [0.15, 0.2) is 34.5 Å². The molecule has 1 unspecified atom stereocenters. The van der Waals surface area contributed by atoms with Crippen molar-refractivity contribution in [3.05, 3.63) is 29.8 Å². The summed E-state index contributed by atoms with van der Waals surface area (Å²) in [6.45, 7) is 0. The highest BCUT2D eigenvalue weighted by Crippen LogP contribution is 2.33. The van der Waals surface area contributed by atoms with Gasteiger partial charge < -0.3 is 4.74 Å². The molecule has 1 heterocycles. The van der Waals surface area contributed by atoms with E-state index in [1.165, 1.54) is 7.11 Å². The van der Waals surface area contributed by atoms with E-state index in [2.05, 4.69) is 20.3 Å². The summed E-state index contributed by atoms with van der Waals surface area (Å²) in [6.07, 6.45) is -0.927. The molecule has 1 aliphatic heterocycles. The number of alkyl carbamates (subject to hydrolysis) is 1. The number of benzene rings is 1. The van der Waals surface area contributed by atoms with Crippen molar-refractivity contribution >= 4 is 11.8 Å². The van der Waals surface area contributed by atoms with E-state index < -0.39 is 12.3 Å². The monoisotopic (exact) mass is 191 g/mol. The summed E-state index contributed by atoms with van der Waals surface area (Å²) in [7, 11) is 1.31. The largest absolute Gasteiger partial charge is 0.453 e. The third-order valence-corrected chi connectivity index (χ3v) is 1.95. The molecular formula is C9H9N3O2. The number of nitrogens with zero attached hydrogens (tertiary/aromatic N) is 2. The van der Waals surface area contributed by atoms with Gasteiger partial charge in [0.1, 0.15) is 0 Å². The van der Waals surface area contributed by atoms with Crippen molar-refractivity contribution in [1.29, 1.82) is 0 Å². The number of hydrogen-bond donors (Lipinski definition) is 1. The number of rotatable bonds is 1. The van der Waals surface area contributed by atoms with Crippen LogP contribution >= 0.6 is 0 Å². The molecule has 1 aliphatic rings. The summed E-state index contributed by atoms with van der Waals surface area (Å²) in [6, 6.07) is 7.47. The molecule has 0 spiro atoms. The average Bonchev–Trinajstić information content (AvgIpc) is 2.62. The van der Waals surface area contributed by atoms with Gasteiger partial charge in [-0.25, -0.2) is 4.79 Å². The highest BCUT2D eigenvalue weighted by molar-refractivity contribution is 5.68. The molecular weight excluding hydrogens is 182 g/mol. The molecule has 0 bridgehead atoms. The molecule has 1 aromatic carbocycles. The Bertz CT molecular complexity index is 389. The van der Waals surface area contributed by atoms with Gasteiger partial charge in [0.25, 0.3) is 0 Å². The number of fused-ring (bicyclic) bond motifs is 1. The molecule has 72 valence electrons. The van der Waals surface area contributed by atoms with E-state index in [1.54, 1.807) is 0 Å². The lowest BCUT2D eigenvalue weighted by Gasteiger charge is -2.08. The van der Waals surface area contributed by atoms with Crippen LogP contribution in [0.5, 0.6) is 0 Å². The van der Waals surface area contributed by atoms with Crippen molar-refractivity contribution < 1.29 is 9.53 Å². The predicted octanol–water partition coefficient (Wildman–Crippen LogP) is 2.14. The molecule has 5 nitrogen and oxygen atoms in total. The average molecular weight is 191 g/mol. The maximum absolute atomic E-state index is 10.9. The Balaban J connectivity index is 2.18. The van der Waals surface area contributed by atoms with Gasteiger partial charge in [0.05, 0.1) is 12.8 Å². The Morgan fingerprint density at radius 2 is 2.29 bits per heavy atom. The quantitative estimate of drug-likeness (QED) is 0.739. The lowest BCUT2D eigenvalue weighted by molar-refractivity contribution is 0.167. The summed E-state index contributed by atoms with van der Waals surface area (Å²) in [5.74, 6) is 0. The minimum absolute atomic E-state index is 0.418. The van der Waals surface area contributed by atoms with E-state index in [4.69, 9.17) is 0 Å². The fourth-order valence-electron chi connectivity index (χ4n) is 1.27. The topological polar surface area (TPSA) is 63.0 Å². The molecule has 2 rings (SSSR count). The van der Waals surface area contributed by atoms with Crippen LogP contribution in [0.25, 0.3) is 0 Å². The van der Waals surface area contributed by atoms with Gasteiger partial charge in [-0.3, -0.25) is 5.32 Å². The van der Waals surface area contributed by atoms with Gasteiger partial charge >= 0.3 is 6.09 Å². The molecule has 0 saturated carbocycles. The number of carbonyl (C=O) groups excluding carboxylic acids is 1. The second kappa shape index (κ2) is 3.45. The van der Waals surface area contributed by atoms with Crippen molar-refractivity contribution in [2.24, 2.45) is 10.2 Å². The summed E-state index contributed by atoms with van der Waals surface area (Å²) >= 11 is 0. The fraction of sp³-hybridized carbons (Fsp3) is 0.222. The van der Waals surface area contributed by atoms with Gasteiger partial charge in [-0.15, -0.1) is 0 Å². The van der Waals surface area contributed by atoms with Crippen LogP contribution in [0.1, 0.15) is 11.7 Å². The number of methoxy groups -OCH3 is 1. The normalized spacial score (nSPS) is 17.6.